The summed E-state index contributed by atoms with van der Waals surface area (Å²) in [6.45, 7) is 0.120. The molecule has 1 atom stereocenters. The van der Waals surface area contributed by atoms with E-state index >= 15 is 0 Å². The SMILES string of the molecule is N#CC(N)(CCn1ccc(C(F)(F)F)n1)c1ccccc1. The van der Waals surface area contributed by atoms with Crippen molar-refractivity contribution in [3.8, 4) is 6.07 Å². The van der Waals surface area contributed by atoms with Gasteiger partial charge in [-0.2, -0.15) is 23.5 Å². The lowest BCUT2D eigenvalue weighted by Crippen LogP contribution is -2.36. The van der Waals surface area contributed by atoms with Crippen molar-refractivity contribution in [2.24, 2.45) is 5.73 Å². The number of hydrogen-bond donors (Lipinski definition) is 1. The van der Waals surface area contributed by atoms with E-state index < -0.39 is 17.4 Å². The lowest BCUT2D eigenvalue weighted by Gasteiger charge is -2.21. The summed E-state index contributed by atoms with van der Waals surface area (Å²) in [6.07, 6.45) is -3.09. The first-order valence-electron chi connectivity index (χ1n) is 6.21. The molecule has 0 aliphatic heterocycles. The van der Waals surface area contributed by atoms with Gasteiger partial charge in [-0.3, -0.25) is 4.68 Å². The fourth-order valence-electron chi connectivity index (χ4n) is 1.93. The number of nitriles is 1. The van der Waals surface area contributed by atoms with Gasteiger partial charge >= 0.3 is 6.18 Å². The van der Waals surface area contributed by atoms with Crippen molar-refractivity contribution in [2.75, 3.05) is 0 Å². The van der Waals surface area contributed by atoms with Crippen LogP contribution in [0.1, 0.15) is 17.7 Å². The van der Waals surface area contributed by atoms with Crippen LogP contribution >= 0.6 is 0 Å². The van der Waals surface area contributed by atoms with Crippen LogP contribution in [0.25, 0.3) is 0 Å². The Kier molecular flexibility index (Phi) is 4.00. The van der Waals surface area contributed by atoms with Crippen LogP contribution < -0.4 is 5.73 Å². The summed E-state index contributed by atoms with van der Waals surface area (Å²) in [5.74, 6) is 0. The zero-order valence-corrected chi connectivity index (χ0v) is 11.0. The van der Waals surface area contributed by atoms with Crippen LogP contribution in [0, 0.1) is 11.3 Å². The second kappa shape index (κ2) is 5.58. The van der Waals surface area contributed by atoms with Crippen molar-refractivity contribution in [3.05, 3.63) is 53.9 Å². The number of halogens is 3. The van der Waals surface area contributed by atoms with E-state index in [-0.39, 0.29) is 13.0 Å². The van der Waals surface area contributed by atoms with E-state index in [1.54, 1.807) is 30.3 Å². The molecule has 0 bridgehead atoms. The van der Waals surface area contributed by atoms with Crippen molar-refractivity contribution in [1.29, 1.82) is 5.26 Å². The minimum Gasteiger partial charge on any atom is -0.310 e. The molecule has 0 radical (unpaired) electrons. The highest BCUT2D eigenvalue weighted by Crippen LogP contribution is 2.28. The molecule has 0 spiro atoms. The molecule has 1 unspecified atom stereocenters. The summed E-state index contributed by atoms with van der Waals surface area (Å²) in [7, 11) is 0. The number of aromatic nitrogens is 2. The predicted molar refractivity (Wildman–Crippen MR) is 69.8 cm³/mol. The zero-order valence-electron chi connectivity index (χ0n) is 11.0. The summed E-state index contributed by atoms with van der Waals surface area (Å²) in [5.41, 5.74) is 4.44. The Morgan fingerprint density at radius 1 is 1.19 bits per heavy atom. The van der Waals surface area contributed by atoms with Gasteiger partial charge < -0.3 is 5.73 Å². The van der Waals surface area contributed by atoms with Crippen LogP contribution in [0.2, 0.25) is 0 Å². The van der Waals surface area contributed by atoms with E-state index in [1.165, 1.54) is 6.20 Å². The molecule has 0 saturated carbocycles. The first-order chi connectivity index (χ1) is 9.85. The third-order valence-electron chi connectivity index (χ3n) is 3.15. The number of hydrogen-bond acceptors (Lipinski definition) is 3. The first-order valence-corrected chi connectivity index (χ1v) is 6.21. The van der Waals surface area contributed by atoms with Gasteiger partial charge in [-0.05, 0) is 11.6 Å². The number of aryl methyl sites for hydroxylation is 1. The number of alkyl halides is 3. The lowest BCUT2D eigenvalue weighted by atomic mass is 9.89. The predicted octanol–water partition coefficient (Wildman–Crippen LogP) is 2.67. The van der Waals surface area contributed by atoms with E-state index in [0.717, 1.165) is 10.7 Å². The van der Waals surface area contributed by atoms with Crippen LogP contribution in [-0.4, -0.2) is 9.78 Å². The van der Waals surface area contributed by atoms with Gasteiger partial charge in [0.25, 0.3) is 0 Å². The fraction of sp³-hybridized carbons (Fsp3) is 0.286. The Hall–Kier alpha value is -2.33. The van der Waals surface area contributed by atoms with Gasteiger partial charge in [0.15, 0.2) is 5.69 Å². The topological polar surface area (TPSA) is 67.6 Å². The van der Waals surface area contributed by atoms with Crippen molar-refractivity contribution < 1.29 is 13.2 Å². The summed E-state index contributed by atoms with van der Waals surface area (Å²) in [5, 5.41) is 12.7. The van der Waals surface area contributed by atoms with Gasteiger partial charge in [0.1, 0.15) is 5.54 Å². The smallest absolute Gasteiger partial charge is 0.310 e. The van der Waals surface area contributed by atoms with Crippen LogP contribution in [0.5, 0.6) is 0 Å². The first kappa shape index (κ1) is 15.1. The van der Waals surface area contributed by atoms with Crippen LogP contribution in [-0.2, 0) is 18.3 Å². The summed E-state index contributed by atoms with van der Waals surface area (Å²) >= 11 is 0. The molecule has 0 saturated heterocycles. The van der Waals surface area contributed by atoms with Crippen LogP contribution in [0.4, 0.5) is 13.2 Å². The number of nitrogens with two attached hydrogens (primary N) is 1. The second-order valence-electron chi connectivity index (χ2n) is 4.66. The normalized spacial score (nSPS) is 14.4. The maximum absolute atomic E-state index is 12.5. The van der Waals surface area contributed by atoms with Gasteiger partial charge in [-0.25, -0.2) is 0 Å². The molecule has 21 heavy (non-hydrogen) atoms. The maximum atomic E-state index is 12.5. The molecular formula is C14H13F3N4. The van der Waals surface area contributed by atoms with Crippen LogP contribution in [0.3, 0.4) is 0 Å². The number of rotatable bonds is 4. The largest absolute Gasteiger partial charge is 0.435 e. The van der Waals surface area contributed by atoms with Gasteiger partial charge in [0.2, 0.25) is 0 Å². The molecular weight excluding hydrogens is 281 g/mol. The molecule has 2 aromatic rings. The quantitative estimate of drug-likeness (QED) is 0.942. The van der Waals surface area contributed by atoms with E-state index in [0.29, 0.717) is 5.56 Å². The third kappa shape index (κ3) is 3.41. The molecule has 7 heteroatoms. The summed E-state index contributed by atoms with van der Waals surface area (Å²) in [4.78, 5) is 0. The molecule has 4 nitrogen and oxygen atoms in total. The van der Waals surface area contributed by atoms with E-state index in [1.807, 2.05) is 6.07 Å². The zero-order chi connectivity index (χ0) is 15.5. The summed E-state index contributed by atoms with van der Waals surface area (Å²) in [6, 6.07) is 11.6. The van der Waals surface area contributed by atoms with Crippen molar-refractivity contribution in [1.82, 2.24) is 9.78 Å². The van der Waals surface area contributed by atoms with Gasteiger partial charge in [0, 0.05) is 19.2 Å². The van der Waals surface area contributed by atoms with E-state index in [2.05, 4.69) is 5.10 Å². The third-order valence-corrected chi connectivity index (χ3v) is 3.15. The Morgan fingerprint density at radius 3 is 2.38 bits per heavy atom. The highest BCUT2D eigenvalue weighted by Gasteiger charge is 2.34. The standard InChI is InChI=1S/C14H13F3N4/c15-14(16,17)12-6-8-21(20-12)9-7-13(19,10-18)11-4-2-1-3-5-11/h1-6,8H,7,9,19H2. The van der Waals surface area contributed by atoms with E-state index in [9.17, 15) is 18.4 Å². The number of benzene rings is 1. The molecule has 2 N–H and O–H groups in total. The second-order valence-corrected chi connectivity index (χ2v) is 4.66. The van der Waals surface area contributed by atoms with Crippen molar-refractivity contribution in [2.45, 2.75) is 24.7 Å². The maximum Gasteiger partial charge on any atom is 0.435 e. The molecule has 1 aromatic heterocycles. The molecule has 0 aliphatic rings. The average Bonchev–Trinajstić information content (AvgIpc) is 2.95. The Bertz CT molecular complexity index is 642. The molecule has 1 aromatic carbocycles. The fourth-order valence-corrected chi connectivity index (χ4v) is 1.93. The Balaban J connectivity index is 2.11. The minimum absolute atomic E-state index is 0.120. The Morgan fingerprint density at radius 2 is 1.86 bits per heavy atom. The number of nitrogens with zero attached hydrogens (tertiary/aromatic N) is 3. The van der Waals surface area contributed by atoms with E-state index in [4.69, 9.17) is 5.73 Å². The summed E-state index contributed by atoms with van der Waals surface area (Å²) < 4.78 is 38.5. The highest BCUT2D eigenvalue weighted by atomic mass is 19.4. The minimum atomic E-state index is -4.47. The molecule has 2 rings (SSSR count). The van der Waals surface area contributed by atoms with Gasteiger partial charge in [-0.15, -0.1) is 0 Å². The van der Waals surface area contributed by atoms with Crippen LogP contribution in [0.15, 0.2) is 42.6 Å². The molecule has 1 heterocycles. The molecule has 0 fully saturated rings. The lowest BCUT2D eigenvalue weighted by molar-refractivity contribution is -0.141. The van der Waals surface area contributed by atoms with Crippen molar-refractivity contribution >= 4 is 0 Å². The average molecular weight is 294 g/mol. The monoisotopic (exact) mass is 294 g/mol. The molecule has 110 valence electrons. The van der Waals surface area contributed by atoms with Gasteiger partial charge in [-0.1, -0.05) is 30.3 Å². The Labute approximate surface area is 119 Å². The van der Waals surface area contributed by atoms with Gasteiger partial charge in [0.05, 0.1) is 6.07 Å². The molecule has 0 amide bonds. The van der Waals surface area contributed by atoms with Crippen molar-refractivity contribution in [3.63, 3.8) is 0 Å². The molecule has 0 aliphatic carbocycles. The highest BCUT2D eigenvalue weighted by molar-refractivity contribution is 5.30.